The summed E-state index contributed by atoms with van der Waals surface area (Å²) in [5, 5.41) is 2.81. The summed E-state index contributed by atoms with van der Waals surface area (Å²) in [7, 11) is 0. The van der Waals surface area contributed by atoms with E-state index < -0.39 is 0 Å². The zero-order chi connectivity index (χ0) is 11.4. The molecule has 17 heavy (non-hydrogen) atoms. The van der Waals surface area contributed by atoms with E-state index in [2.05, 4.69) is 61.5 Å². The van der Waals surface area contributed by atoms with Crippen LogP contribution in [0.15, 0.2) is 54.6 Å². The lowest BCUT2D eigenvalue weighted by molar-refractivity contribution is 1.54. The summed E-state index contributed by atoms with van der Waals surface area (Å²) in [6, 6.07) is 19.8. The zero-order valence-corrected chi connectivity index (χ0v) is 9.70. The SMILES string of the molecule is Cc1ccc2c3c(cccc13)-c1ccccc1-2. The van der Waals surface area contributed by atoms with Crippen LogP contribution in [0.4, 0.5) is 0 Å². The number of hydrogen-bond donors (Lipinski definition) is 0. The van der Waals surface area contributed by atoms with Gasteiger partial charge in [0.1, 0.15) is 0 Å². The van der Waals surface area contributed by atoms with Crippen LogP contribution in [0.2, 0.25) is 0 Å². The molecule has 4 rings (SSSR count). The average Bonchev–Trinajstić information content (AvgIpc) is 2.70. The minimum Gasteiger partial charge on any atom is -0.0616 e. The number of benzene rings is 3. The molecule has 0 spiro atoms. The zero-order valence-electron chi connectivity index (χ0n) is 9.70. The lowest BCUT2D eigenvalue weighted by Gasteiger charge is -2.04. The fraction of sp³-hybridized carbons (Fsp3) is 0.0588. The Labute approximate surface area is 101 Å². The van der Waals surface area contributed by atoms with Gasteiger partial charge < -0.3 is 0 Å². The first-order chi connectivity index (χ1) is 8.36. The van der Waals surface area contributed by atoms with Crippen molar-refractivity contribution >= 4 is 10.8 Å². The summed E-state index contributed by atoms with van der Waals surface area (Å²) >= 11 is 0. The molecule has 0 heteroatoms. The standard InChI is InChI=1S/C17H12/c1-11-9-10-16-14-6-3-2-5-13(14)15-8-4-7-12(11)17(15)16/h2-10H,1H3. The second kappa shape index (κ2) is 2.98. The molecule has 0 saturated carbocycles. The Morgan fingerprint density at radius 2 is 1.24 bits per heavy atom. The largest absolute Gasteiger partial charge is 0.0616 e. The Bertz CT molecular complexity index is 722. The molecule has 3 aromatic rings. The Balaban J connectivity index is 2.30. The fourth-order valence-electron chi connectivity index (χ4n) is 2.95. The van der Waals surface area contributed by atoms with E-state index in [1.54, 1.807) is 0 Å². The number of fused-ring (bicyclic) bond motifs is 3. The molecular formula is C17H12. The molecule has 0 aliphatic heterocycles. The first-order valence-corrected chi connectivity index (χ1v) is 5.98. The van der Waals surface area contributed by atoms with Crippen LogP contribution in [0.5, 0.6) is 0 Å². The molecule has 3 aromatic carbocycles. The van der Waals surface area contributed by atoms with E-state index in [-0.39, 0.29) is 0 Å². The van der Waals surface area contributed by atoms with Crippen molar-refractivity contribution in [1.29, 1.82) is 0 Å². The van der Waals surface area contributed by atoms with Gasteiger partial charge in [-0.15, -0.1) is 0 Å². The van der Waals surface area contributed by atoms with Crippen molar-refractivity contribution < 1.29 is 0 Å². The van der Waals surface area contributed by atoms with E-state index in [1.807, 2.05) is 0 Å². The summed E-state index contributed by atoms with van der Waals surface area (Å²) in [6.45, 7) is 2.19. The third kappa shape index (κ3) is 1.03. The Hall–Kier alpha value is -2.08. The molecule has 0 unspecified atom stereocenters. The van der Waals surface area contributed by atoms with Gasteiger partial charge in [0.25, 0.3) is 0 Å². The van der Waals surface area contributed by atoms with Gasteiger partial charge in [0.15, 0.2) is 0 Å². The molecule has 0 bridgehead atoms. The lowest BCUT2D eigenvalue weighted by Crippen LogP contribution is -1.79. The normalized spacial score (nSPS) is 11.8. The highest BCUT2D eigenvalue weighted by molar-refractivity contribution is 6.15. The fourth-order valence-corrected chi connectivity index (χ4v) is 2.95. The van der Waals surface area contributed by atoms with Crippen LogP contribution in [-0.4, -0.2) is 0 Å². The lowest BCUT2D eigenvalue weighted by atomic mass is 9.99. The number of hydrogen-bond acceptors (Lipinski definition) is 0. The van der Waals surface area contributed by atoms with E-state index in [0.29, 0.717) is 0 Å². The predicted molar refractivity (Wildman–Crippen MR) is 73.1 cm³/mol. The predicted octanol–water partition coefficient (Wildman–Crippen LogP) is 4.80. The molecule has 1 aliphatic carbocycles. The topological polar surface area (TPSA) is 0 Å². The van der Waals surface area contributed by atoms with E-state index in [1.165, 1.54) is 38.6 Å². The first-order valence-electron chi connectivity index (χ1n) is 5.98. The Morgan fingerprint density at radius 3 is 2.00 bits per heavy atom. The highest BCUT2D eigenvalue weighted by atomic mass is 14.2. The van der Waals surface area contributed by atoms with Crippen molar-refractivity contribution in [2.24, 2.45) is 0 Å². The van der Waals surface area contributed by atoms with Crippen LogP contribution in [0, 0.1) is 6.92 Å². The van der Waals surface area contributed by atoms with Crippen LogP contribution in [0.25, 0.3) is 33.0 Å². The number of aryl methyl sites for hydroxylation is 1. The van der Waals surface area contributed by atoms with Gasteiger partial charge in [-0.05, 0) is 45.5 Å². The van der Waals surface area contributed by atoms with Gasteiger partial charge in [0.2, 0.25) is 0 Å². The molecule has 0 aromatic heterocycles. The van der Waals surface area contributed by atoms with Gasteiger partial charge in [-0.25, -0.2) is 0 Å². The quantitative estimate of drug-likeness (QED) is 0.396. The van der Waals surface area contributed by atoms with Crippen LogP contribution in [-0.2, 0) is 0 Å². The molecule has 80 valence electrons. The summed E-state index contributed by atoms with van der Waals surface area (Å²) in [5.41, 5.74) is 6.88. The molecule has 0 radical (unpaired) electrons. The molecule has 1 aliphatic rings. The van der Waals surface area contributed by atoms with Crippen LogP contribution >= 0.6 is 0 Å². The molecule has 0 fully saturated rings. The molecule has 0 heterocycles. The Kier molecular flexibility index (Phi) is 1.58. The second-order valence-corrected chi connectivity index (χ2v) is 4.70. The van der Waals surface area contributed by atoms with Gasteiger partial charge in [-0.3, -0.25) is 0 Å². The van der Waals surface area contributed by atoms with Crippen molar-refractivity contribution in [2.75, 3.05) is 0 Å². The van der Waals surface area contributed by atoms with Crippen LogP contribution in [0.3, 0.4) is 0 Å². The second-order valence-electron chi connectivity index (χ2n) is 4.70. The highest BCUT2D eigenvalue weighted by Gasteiger charge is 2.20. The van der Waals surface area contributed by atoms with Gasteiger partial charge in [-0.1, -0.05) is 54.6 Å². The van der Waals surface area contributed by atoms with Crippen LogP contribution in [0.1, 0.15) is 5.56 Å². The van der Waals surface area contributed by atoms with Crippen molar-refractivity contribution in [2.45, 2.75) is 6.92 Å². The maximum atomic E-state index is 2.26. The van der Waals surface area contributed by atoms with E-state index in [0.717, 1.165) is 0 Å². The average molecular weight is 216 g/mol. The van der Waals surface area contributed by atoms with Crippen molar-refractivity contribution in [3.8, 4) is 22.3 Å². The van der Waals surface area contributed by atoms with Crippen molar-refractivity contribution in [3.63, 3.8) is 0 Å². The summed E-state index contributed by atoms with van der Waals surface area (Å²) in [4.78, 5) is 0. The van der Waals surface area contributed by atoms with E-state index in [9.17, 15) is 0 Å². The summed E-state index contributed by atoms with van der Waals surface area (Å²) in [6.07, 6.45) is 0. The summed E-state index contributed by atoms with van der Waals surface area (Å²) in [5.74, 6) is 0. The molecule has 0 amide bonds. The van der Waals surface area contributed by atoms with Crippen molar-refractivity contribution in [1.82, 2.24) is 0 Å². The van der Waals surface area contributed by atoms with Gasteiger partial charge in [0, 0.05) is 0 Å². The minimum absolute atomic E-state index is 1.36. The van der Waals surface area contributed by atoms with Crippen molar-refractivity contribution in [3.05, 3.63) is 60.2 Å². The first kappa shape index (κ1) is 9.00. The smallest absolute Gasteiger partial charge is 0.00237 e. The van der Waals surface area contributed by atoms with E-state index >= 15 is 0 Å². The molecule has 0 saturated heterocycles. The minimum atomic E-state index is 1.36. The maximum Gasteiger partial charge on any atom is -0.00237 e. The molecular weight excluding hydrogens is 204 g/mol. The molecule has 0 nitrogen and oxygen atoms in total. The van der Waals surface area contributed by atoms with Crippen LogP contribution < -0.4 is 0 Å². The van der Waals surface area contributed by atoms with Gasteiger partial charge in [0.05, 0.1) is 0 Å². The monoisotopic (exact) mass is 216 g/mol. The van der Waals surface area contributed by atoms with Gasteiger partial charge in [-0.2, -0.15) is 0 Å². The third-order valence-electron chi connectivity index (χ3n) is 3.77. The summed E-state index contributed by atoms with van der Waals surface area (Å²) < 4.78 is 0. The molecule has 0 atom stereocenters. The third-order valence-corrected chi connectivity index (χ3v) is 3.77. The van der Waals surface area contributed by atoms with E-state index in [4.69, 9.17) is 0 Å². The highest BCUT2D eigenvalue weighted by Crippen LogP contribution is 2.47. The van der Waals surface area contributed by atoms with Gasteiger partial charge >= 0.3 is 0 Å². The maximum absolute atomic E-state index is 2.26. The number of rotatable bonds is 0. The molecule has 0 N–H and O–H groups in total. The Morgan fingerprint density at radius 1 is 0.588 bits per heavy atom.